The van der Waals surface area contributed by atoms with Crippen LogP contribution in [0.2, 0.25) is 10.0 Å². The first-order valence-electron chi connectivity index (χ1n) is 12.2. The van der Waals surface area contributed by atoms with E-state index in [0.717, 1.165) is 15.4 Å². The quantitative estimate of drug-likeness (QED) is 0.336. The number of benzene rings is 3. The van der Waals surface area contributed by atoms with E-state index in [-0.39, 0.29) is 33.1 Å². The first-order chi connectivity index (χ1) is 18.5. The van der Waals surface area contributed by atoms with Crippen LogP contribution in [-0.4, -0.2) is 51.4 Å². The molecule has 0 aliphatic carbocycles. The highest BCUT2D eigenvalue weighted by molar-refractivity contribution is 7.92. The van der Waals surface area contributed by atoms with E-state index in [1.807, 2.05) is 6.92 Å². The fraction of sp³-hybridized carbons (Fsp3) is 0.286. The van der Waals surface area contributed by atoms with Crippen molar-refractivity contribution in [1.29, 1.82) is 0 Å². The Kier molecular flexibility index (Phi) is 10.2. The average molecular weight is 593 g/mol. The Morgan fingerprint density at radius 3 is 2.23 bits per heavy atom. The van der Waals surface area contributed by atoms with Crippen molar-refractivity contribution in [3.63, 3.8) is 0 Å². The van der Waals surface area contributed by atoms with Crippen molar-refractivity contribution in [1.82, 2.24) is 10.2 Å². The molecule has 0 aliphatic rings. The molecule has 0 bridgehead atoms. The summed E-state index contributed by atoms with van der Waals surface area (Å²) < 4.78 is 33.9. The third-order valence-electron chi connectivity index (χ3n) is 6.09. The van der Waals surface area contributed by atoms with Gasteiger partial charge in [-0.1, -0.05) is 53.0 Å². The fourth-order valence-corrected chi connectivity index (χ4v) is 5.72. The molecular formula is C28H31Cl2N3O5S. The molecule has 0 spiro atoms. The van der Waals surface area contributed by atoms with Crippen molar-refractivity contribution in [2.24, 2.45) is 0 Å². The van der Waals surface area contributed by atoms with Crippen LogP contribution in [-0.2, 0) is 26.2 Å². The maximum Gasteiger partial charge on any atom is 0.264 e. The van der Waals surface area contributed by atoms with Gasteiger partial charge in [0.15, 0.2) is 0 Å². The van der Waals surface area contributed by atoms with Crippen molar-refractivity contribution in [3.8, 4) is 5.75 Å². The van der Waals surface area contributed by atoms with Gasteiger partial charge in [-0.25, -0.2) is 8.42 Å². The van der Waals surface area contributed by atoms with Gasteiger partial charge in [0, 0.05) is 18.1 Å². The predicted octanol–water partition coefficient (Wildman–Crippen LogP) is 5.06. The van der Waals surface area contributed by atoms with Gasteiger partial charge in [-0.3, -0.25) is 13.9 Å². The molecule has 1 atom stereocenters. The number of carbonyl (C=O) groups is 2. The summed E-state index contributed by atoms with van der Waals surface area (Å²) in [6, 6.07) is 16.8. The molecule has 208 valence electrons. The molecule has 0 aromatic heterocycles. The summed E-state index contributed by atoms with van der Waals surface area (Å²) in [5.41, 5.74) is 1.65. The van der Waals surface area contributed by atoms with Gasteiger partial charge in [-0.15, -0.1) is 0 Å². The van der Waals surface area contributed by atoms with Gasteiger partial charge in [0.05, 0.1) is 22.7 Å². The third-order valence-corrected chi connectivity index (χ3v) is 8.42. The van der Waals surface area contributed by atoms with E-state index < -0.39 is 28.5 Å². The molecule has 0 fully saturated rings. The standard InChI is InChI=1S/C28H31Cl2N3O5S/c1-5-31-28(35)20(3)32(17-21-8-11-23(38-4)12-9-21)27(34)18-33(26-16-22(29)10-15-25(26)30)39(36,37)24-13-6-19(2)7-14-24/h6-16,20H,5,17-18H2,1-4H3,(H,31,35)/t20-/m1/s1. The lowest BCUT2D eigenvalue weighted by Gasteiger charge is -2.32. The molecule has 3 aromatic rings. The Bertz CT molecular complexity index is 1410. The van der Waals surface area contributed by atoms with Crippen molar-refractivity contribution in [3.05, 3.63) is 87.9 Å². The van der Waals surface area contributed by atoms with E-state index in [1.165, 1.54) is 35.2 Å². The molecule has 0 saturated carbocycles. The van der Waals surface area contributed by atoms with Gasteiger partial charge >= 0.3 is 0 Å². The van der Waals surface area contributed by atoms with Crippen LogP contribution in [0.4, 0.5) is 5.69 Å². The smallest absolute Gasteiger partial charge is 0.264 e. The first-order valence-corrected chi connectivity index (χ1v) is 14.4. The number of hydrogen-bond donors (Lipinski definition) is 1. The van der Waals surface area contributed by atoms with Crippen LogP contribution in [0.3, 0.4) is 0 Å². The lowest BCUT2D eigenvalue weighted by Crippen LogP contribution is -2.51. The number of aryl methyl sites for hydroxylation is 1. The molecule has 39 heavy (non-hydrogen) atoms. The van der Waals surface area contributed by atoms with Crippen molar-refractivity contribution < 1.29 is 22.7 Å². The van der Waals surface area contributed by atoms with E-state index in [0.29, 0.717) is 12.3 Å². The largest absolute Gasteiger partial charge is 0.497 e. The lowest BCUT2D eigenvalue weighted by molar-refractivity contribution is -0.139. The van der Waals surface area contributed by atoms with E-state index in [2.05, 4.69) is 5.32 Å². The summed E-state index contributed by atoms with van der Waals surface area (Å²) in [7, 11) is -2.70. The molecule has 0 unspecified atom stereocenters. The van der Waals surface area contributed by atoms with Gasteiger partial charge in [0.25, 0.3) is 10.0 Å². The van der Waals surface area contributed by atoms with E-state index in [9.17, 15) is 18.0 Å². The third kappa shape index (κ3) is 7.44. The van der Waals surface area contributed by atoms with E-state index in [4.69, 9.17) is 27.9 Å². The van der Waals surface area contributed by atoms with Gasteiger partial charge in [-0.05, 0) is 68.8 Å². The number of nitrogens with zero attached hydrogens (tertiary/aromatic N) is 2. The topological polar surface area (TPSA) is 96.0 Å². The Hall–Kier alpha value is -3.27. The van der Waals surface area contributed by atoms with Crippen LogP contribution >= 0.6 is 23.2 Å². The first kappa shape index (κ1) is 30.3. The van der Waals surface area contributed by atoms with Crippen LogP contribution in [0.1, 0.15) is 25.0 Å². The highest BCUT2D eigenvalue weighted by Gasteiger charge is 2.33. The van der Waals surface area contributed by atoms with Crippen molar-refractivity contribution >= 4 is 50.7 Å². The van der Waals surface area contributed by atoms with Crippen molar-refractivity contribution in [2.75, 3.05) is 24.5 Å². The number of methoxy groups -OCH3 is 1. The summed E-state index contributed by atoms with van der Waals surface area (Å²) in [6.45, 7) is 5.03. The average Bonchev–Trinajstić information content (AvgIpc) is 2.92. The second-order valence-electron chi connectivity index (χ2n) is 8.86. The minimum atomic E-state index is -4.25. The number of hydrogen-bond acceptors (Lipinski definition) is 5. The highest BCUT2D eigenvalue weighted by atomic mass is 35.5. The Morgan fingerprint density at radius 2 is 1.64 bits per heavy atom. The number of ether oxygens (including phenoxy) is 1. The predicted molar refractivity (Wildman–Crippen MR) is 154 cm³/mol. The molecular weight excluding hydrogens is 561 g/mol. The zero-order valence-corrected chi connectivity index (χ0v) is 24.5. The number of halogens is 2. The Balaban J connectivity index is 2.06. The Labute approximate surface area is 239 Å². The maximum absolute atomic E-state index is 13.9. The number of sulfonamides is 1. The van der Waals surface area contributed by atoms with Gasteiger partial charge in [0.2, 0.25) is 11.8 Å². The van der Waals surface area contributed by atoms with Crippen LogP contribution in [0.25, 0.3) is 0 Å². The van der Waals surface area contributed by atoms with Gasteiger partial charge in [0.1, 0.15) is 18.3 Å². The zero-order valence-electron chi connectivity index (χ0n) is 22.1. The summed E-state index contributed by atoms with van der Waals surface area (Å²) in [5, 5.41) is 3.07. The normalized spacial score (nSPS) is 11.9. The maximum atomic E-state index is 13.9. The molecule has 8 nitrogen and oxygen atoms in total. The monoisotopic (exact) mass is 591 g/mol. The highest BCUT2D eigenvalue weighted by Crippen LogP contribution is 2.33. The van der Waals surface area contributed by atoms with E-state index >= 15 is 0 Å². The minimum Gasteiger partial charge on any atom is -0.497 e. The molecule has 0 saturated heterocycles. The molecule has 3 rings (SSSR count). The molecule has 3 aromatic carbocycles. The number of likely N-dealkylation sites (N-methyl/N-ethyl adjacent to an activating group) is 1. The number of carbonyl (C=O) groups excluding carboxylic acids is 2. The number of nitrogens with one attached hydrogen (secondary N) is 1. The second kappa shape index (κ2) is 13.2. The Morgan fingerprint density at radius 1 is 1.00 bits per heavy atom. The van der Waals surface area contributed by atoms with Crippen LogP contribution in [0, 0.1) is 6.92 Å². The van der Waals surface area contributed by atoms with Crippen LogP contribution < -0.4 is 14.4 Å². The number of amides is 2. The van der Waals surface area contributed by atoms with Crippen LogP contribution in [0.5, 0.6) is 5.75 Å². The fourth-order valence-electron chi connectivity index (χ4n) is 3.86. The number of anilines is 1. The molecule has 0 heterocycles. The molecule has 1 N–H and O–H groups in total. The van der Waals surface area contributed by atoms with Crippen LogP contribution in [0.15, 0.2) is 71.6 Å². The summed E-state index contributed by atoms with van der Waals surface area (Å²) in [5.74, 6) is -0.330. The second-order valence-corrected chi connectivity index (χ2v) is 11.6. The summed E-state index contributed by atoms with van der Waals surface area (Å²) in [4.78, 5) is 28.0. The van der Waals surface area contributed by atoms with E-state index in [1.54, 1.807) is 57.4 Å². The molecule has 2 amide bonds. The van der Waals surface area contributed by atoms with Gasteiger partial charge in [-0.2, -0.15) is 0 Å². The molecule has 0 aliphatic heterocycles. The van der Waals surface area contributed by atoms with Crippen molar-refractivity contribution in [2.45, 2.75) is 38.3 Å². The molecule has 11 heteroatoms. The molecule has 0 radical (unpaired) electrons. The SMILES string of the molecule is CCNC(=O)[C@@H](C)N(Cc1ccc(OC)cc1)C(=O)CN(c1cc(Cl)ccc1Cl)S(=O)(=O)c1ccc(C)cc1. The zero-order chi connectivity index (χ0) is 28.7. The summed E-state index contributed by atoms with van der Waals surface area (Å²) in [6.07, 6.45) is 0. The lowest BCUT2D eigenvalue weighted by atomic mass is 10.1. The summed E-state index contributed by atoms with van der Waals surface area (Å²) >= 11 is 12.6. The van der Waals surface area contributed by atoms with Gasteiger partial charge < -0.3 is 15.0 Å². The minimum absolute atomic E-state index is 0.0181. The number of rotatable bonds is 11.